The number of alkyl halides is 1. The van der Waals surface area contributed by atoms with Crippen molar-refractivity contribution in [3.63, 3.8) is 0 Å². The van der Waals surface area contributed by atoms with Crippen LogP contribution >= 0.6 is 11.6 Å². The number of rotatable bonds is 9. The number of pyridine rings is 1. The van der Waals surface area contributed by atoms with Crippen LogP contribution in [-0.4, -0.2) is 60.3 Å². The lowest BCUT2D eigenvalue weighted by molar-refractivity contribution is 0.0248. The van der Waals surface area contributed by atoms with Crippen LogP contribution in [0, 0.1) is 0 Å². The molecule has 0 aliphatic heterocycles. The van der Waals surface area contributed by atoms with Crippen molar-refractivity contribution in [3.05, 3.63) is 82.9 Å². The average Bonchev–Trinajstić information content (AvgIpc) is 3.39. The number of carbonyl (C=O) groups excluding carboxylic acids is 1. The standard InChI is InChI=1S/C23H24ClFN4O5S/c1-26-35(32,33)34-20-10-19(21(25)23(20)31)28-18-5-7-27-11-17(18)22(30)15-6-8-29(13-15)12-14-3-2-4-16(24)9-14/h2-9,11,13,19-21,23,26,31H,10,12H2,1H3,(H,27,28)/t19-,20-,21-,23-/m1/s1. The normalized spacial score (nSPS) is 22.3. The van der Waals surface area contributed by atoms with Crippen LogP contribution in [0.2, 0.25) is 5.02 Å². The van der Waals surface area contributed by atoms with Crippen LogP contribution in [0.1, 0.15) is 27.9 Å². The Morgan fingerprint density at radius 3 is 2.89 bits per heavy atom. The minimum atomic E-state index is -4.11. The van der Waals surface area contributed by atoms with E-state index in [9.17, 15) is 22.7 Å². The third-order valence-corrected chi connectivity index (χ3v) is 6.99. The topological polar surface area (TPSA) is 123 Å². The minimum Gasteiger partial charge on any atom is -0.387 e. The maximum absolute atomic E-state index is 14.8. The summed E-state index contributed by atoms with van der Waals surface area (Å²) in [5.41, 5.74) is 1.90. The van der Waals surface area contributed by atoms with E-state index in [0.717, 1.165) is 12.6 Å². The number of aromatic nitrogens is 2. The molecule has 3 N–H and O–H groups in total. The summed E-state index contributed by atoms with van der Waals surface area (Å²) < 4.78 is 46.7. The largest absolute Gasteiger partial charge is 0.387 e. The van der Waals surface area contributed by atoms with Crippen LogP contribution in [-0.2, 0) is 21.0 Å². The molecule has 2 heterocycles. The van der Waals surface area contributed by atoms with E-state index in [0.29, 0.717) is 22.8 Å². The molecule has 4 rings (SSSR count). The third-order valence-electron chi connectivity index (χ3n) is 5.75. The Bertz CT molecular complexity index is 1320. The van der Waals surface area contributed by atoms with Gasteiger partial charge >= 0.3 is 10.3 Å². The Morgan fingerprint density at radius 2 is 2.14 bits per heavy atom. The van der Waals surface area contributed by atoms with Crippen molar-refractivity contribution in [2.75, 3.05) is 12.4 Å². The number of halogens is 2. The zero-order valence-electron chi connectivity index (χ0n) is 18.6. The van der Waals surface area contributed by atoms with Crippen molar-refractivity contribution in [1.82, 2.24) is 14.3 Å². The number of anilines is 1. The second-order valence-corrected chi connectivity index (χ2v) is 10.1. The molecule has 1 fully saturated rings. The Hall–Kier alpha value is -2.83. The average molecular weight is 523 g/mol. The van der Waals surface area contributed by atoms with Crippen molar-refractivity contribution in [2.45, 2.75) is 37.4 Å². The van der Waals surface area contributed by atoms with Crippen molar-refractivity contribution >= 4 is 33.4 Å². The highest BCUT2D eigenvalue weighted by atomic mass is 35.5. The van der Waals surface area contributed by atoms with Crippen molar-refractivity contribution in [3.8, 4) is 0 Å². The second-order valence-electron chi connectivity index (χ2n) is 8.17. The molecule has 1 saturated carbocycles. The first-order chi connectivity index (χ1) is 16.7. The molecule has 2 aromatic heterocycles. The van der Waals surface area contributed by atoms with Crippen LogP contribution in [0.15, 0.2) is 61.2 Å². The molecular formula is C23H24ClFN4O5S. The van der Waals surface area contributed by atoms with Gasteiger partial charge in [0.2, 0.25) is 0 Å². The summed E-state index contributed by atoms with van der Waals surface area (Å²) in [4.78, 5) is 17.2. The molecule has 4 atom stereocenters. The molecule has 0 spiro atoms. The summed E-state index contributed by atoms with van der Waals surface area (Å²) in [6.07, 6.45) is 1.41. The predicted octanol–water partition coefficient (Wildman–Crippen LogP) is 2.55. The summed E-state index contributed by atoms with van der Waals surface area (Å²) in [5, 5.41) is 13.7. The van der Waals surface area contributed by atoms with Gasteiger partial charge in [0, 0.05) is 61.1 Å². The molecule has 9 nitrogen and oxygen atoms in total. The van der Waals surface area contributed by atoms with Gasteiger partial charge in [-0.2, -0.15) is 13.1 Å². The molecular weight excluding hydrogens is 499 g/mol. The van der Waals surface area contributed by atoms with Crippen LogP contribution in [0.5, 0.6) is 0 Å². The van der Waals surface area contributed by atoms with Gasteiger partial charge in [0.15, 0.2) is 5.78 Å². The number of hydrogen-bond donors (Lipinski definition) is 3. The Balaban J connectivity index is 1.50. The molecule has 35 heavy (non-hydrogen) atoms. The molecule has 186 valence electrons. The fourth-order valence-corrected chi connectivity index (χ4v) is 4.81. The molecule has 0 radical (unpaired) electrons. The van der Waals surface area contributed by atoms with Gasteiger partial charge < -0.3 is 15.0 Å². The second kappa shape index (κ2) is 10.4. The summed E-state index contributed by atoms with van der Waals surface area (Å²) >= 11 is 6.04. The van der Waals surface area contributed by atoms with Crippen LogP contribution in [0.4, 0.5) is 10.1 Å². The maximum Gasteiger partial charge on any atom is 0.335 e. The zero-order valence-corrected chi connectivity index (χ0v) is 20.2. The smallest absolute Gasteiger partial charge is 0.335 e. The molecule has 12 heteroatoms. The van der Waals surface area contributed by atoms with E-state index in [2.05, 4.69) is 10.3 Å². The molecule has 0 saturated heterocycles. The molecule has 0 amide bonds. The Labute approximate surface area is 207 Å². The summed E-state index contributed by atoms with van der Waals surface area (Å²) in [6.45, 7) is 0.520. The van der Waals surface area contributed by atoms with E-state index in [1.807, 2.05) is 27.5 Å². The first kappa shape index (κ1) is 25.3. The lowest BCUT2D eigenvalue weighted by Crippen LogP contribution is -2.35. The van der Waals surface area contributed by atoms with E-state index < -0.39 is 34.7 Å². The number of benzene rings is 1. The van der Waals surface area contributed by atoms with Gasteiger partial charge in [0.1, 0.15) is 18.4 Å². The highest BCUT2D eigenvalue weighted by Crippen LogP contribution is 2.31. The van der Waals surface area contributed by atoms with Gasteiger partial charge in [0.05, 0.1) is 11.6 Å². The number of aliphatic hydroxyl groups excluding tert-OH is 1. The quantitative estimate of drug-likeness (QED) is 0.369. The fourth-order valence-electron chi connectivity index (χ4n) is 3.98. The van der Waals surface area contributed by atoms with E-state index in [-0.39, 0.29) is 17.8 Å². The highest BCUT2D eigenvalue weighted by molar-refractivity contribution is 7.84. The number of nitrogens with zero attached hydrogens (tertiary/aromatic N) is 2. The number of nitrogens with one attached hydrogen (secondary N) is 2. The van der Waals surface area contributed by atoms with Gasteiger partial charge in [-0.15, -0.1) is 0 Å². The molecule has 3 aromatic rings. The first-order valence-corrected chi connectivity index (χ1v) is 12.5. The zero-order chi connectivity index (χ0) is 25.2. The Morgan fingerprint density at radius 1 is 1.34 bits per heavy atom. The summed E-state index contributed by atoms with van der Waals surface area (Å²) in [7, 11) is -2.96. The number of carbonyl (C=O) groups is 1. The fraction of sp³-hybridized carbons (Fsp3) is 0.304. The third kappa shape index (κ3) is 5.88. The molecule has 0 bridgehead atoms. The predicted molar refractivity (Wildman–Crippen MR) is 128 cm³/mol. The van der Waals surface area contributed by atoms with Gasteiger partial charge in [-0.1, -0.05) is 23.7 Å². The van der Waals surface area contributed by atoms with Crippen molar-refractivity contribution < 1.29 is 26.9 Å². The number of ketones is 1. The molecule has 0 unspecified atom stereocenters. The molecule has 1 aliphatic carbocycles. The molecule has 1 aliphatic rings. The van der Waals surface area contributed by atoms with E-state index in [4.69, 9.17) is 15.8 Å². The van der Waals surface area contributed by atoms with E-state index in [1.54, 1.807) is 24.5 Å². The van der Waals surface area contributed by atoms with Crippen molar-refractivity contribution in [2.24, 2.45) is 0 Å². The van der Waals surface area contributed by atoms with Crippen LogP contribution in [0.25, 0.3) is 0 Å². The lowest BCUT2D eigenvalue weighted by Gasteiger charge is -2.18. The Kier molecular flexibility index (Phi) is 7.53. The van der Waals surface area contributed by atoms with Gasteiger partial charge in [-0.25, -0.2) is 4.39 Å². The number of aliphatic hydroxyl groups is 1. The van der Waals surface area contributed by atoms with Gasteiger partial charge in [-0.05, 0) is 29.8 Å². The summed E-state index contributed by atoms with van der Waals surface area (Å²) in [5.74, 6) is -0.329. The molecule has 1 aromatic carbocycles. The maximum atomic E-state index is 14.8. The number of hydrogen-bond acceptors (Lipinski definition) is 7. The minimum absolute atomic E-state index is 0.130. The van der Waals surface area contributed by atoms with Crippen molar-refractivity contribution in [1.29, 1.82) is 0 Å². The highest BCUT2D eigenvalue weighted by Gasteiger charge is 2.45. The SMILES string of the molecule is CNS(=O)(=O)O[C@@H]1C[C@@H](Nc2ccncc2C(=O)c2ccn(Cc3cccc(Cl)c3)c2)[C@@H](F)[C@@H]1O. The first-order valence-electron chi connectivity index (χ1n) is 10.8. The van der Waals surface area contributed by atoms with E-state index >= 15 is 0 Å². The van der Waals surface area contributed by atoms with Crippen LogP contribution < -0.4 is 10.0 Å². The summed E-state index contributed by atoms with van der Waals surface area (Å²) in [6, 6.07) is 9.62. The monoisotopic (exact) mass is 522 g/mol. The van der Waals surface area contributed by atoms with E-state index in [1.165, 1.54) is 18.5 Å². The van der Waals surface area contributed by atoms with Gasteiger partial charge in [-0.3, -0.25) is 14.0 Å². The lowest BCUT2D eigenvalue weighted by atomic mass is 10.1. The van der Waals surface area contributed by atoms with Crippen LogP contribution in [0.3, 0.4) is 0 Å². The van der Waals surface area contributed by atoms with Gasteiger partial charge in [0.25, 0.3) is 0 Å².